The minimum atomic E-state index is -5.72. The molecule has 0 saturated heterocycles. The van der Waals surface area contributed by atoms with Crippen LogP contribution in [0.2, 0.25) is 0 Å². The van der Waals surface area contributed by atoms with Crippen LogP contribution in [0.4, 0.5) is 26.3 Å². The molecule has 0 bridgehead atoms. The zero-order chi connectivity index (χ0) is 24.4. The number of hydrogen-bond donors (Lipinski definition) is 1. The minimum Gasteiger partial charge on any atom is -0.451 e. The van der Waals surface area contributed by atoms with E-state index in [1.807, 2.05) is 0 Å². The standard InChI is InChI=1S/C18H19F6NO5S2/c1-31(2,30-32(27,28)18(22,23)24)10-4-9-25-16(26)15-8-7-14(29-15)12-5-3-6-13(11-12)17(19,20)21/h3,5-8,11H,4,9-10H2,1-2H3,(H,25,26). The van der Waals surface area contributed by atoms with Gasteiger partial charge in [-0.15, -0.1) is 10.3 Å². The topological polar surface area (TPSA) is 85.6 Å². The molecule has 1 N–H and O–H groups in total. The summed E-state index contributed by atoms with van der Waals surface area (Å²) in [6.45, 7) is -0.0235. The average molecular weight is 507 g/mol. The highest BCUT2D eigenvalue weighted by molar-refractivity contribution is 8.32. The maximum atomic E-state index is 12.8. The molecule has 0 aliphatic rings. The molecule has 1 aromatic heterocycles. The Hall–Kier alpha value is -2.19. The molecule has 0 aliphatic heterocycles. The average Bonchev–Trinajstić information content (AvgIpc) is 3.13. The first-order valence-electron chi connectivity index (χ1n) is 8.81. The fourth-order valence-electron chi connectivity index (χ4n) is 2.49. The predicted octanol–water partition coefficient (Wildman–Crippen LogP) is 4.93. The van der Waals surface area contributed by atoms with Crippen molar-refractivity contribution in [1.82, 2.24) is 5.32 Å². The Morgan fingerprint density at radius 1 is 1.06 bits per heavy atom. The fraction of sp³-hybridized carbons (Fsp3) is 0.389. The van der Waals surface area contributed by atoms with Gasteiger partial charge in [-0.2, -0.15) is 34.8 Å². The van der Waals surface area contributed by atoms with Crippen molar-refractivity contribution in [3.8, 4) is 11.3 Å². The van der Waals surface area contributed by atoms with Crippen LogP contribution in [0.25, 0.3) is 11.3 Å². The minimum absolute atomic E-state index is 0.0235. The van der Waals surface area contributed by atoms with Gasteiger partial charge in [0.05, 0.1) is 5.56 Å². The van der Waals surface area contributed by atoms with E-state index in [9.17, 15) is 39.6 Å². The molecule has 0 aliphatic carbocycles. The van der Waals surface area contributed by atoms with Crippen LogP contribution >= 0.6 is 10.3 Å². The van der Waals surface area contributed by atoms with E-state index in [1.165, 1.54) is 36.8 Å². The van der Waals surface area contributed by atoms with Crippen molar-refractivity contribution in [1.29, 1.82) is 0 Å². The van der Waals surface area contributed by atoms with Crippen LogP contribution in [0.3, 0.4) is 0 Å². The summed E-state index contributed by atoms with van der Waals surface area (Å²) in [5.41, 5.74) is -6.29. The van der Waals surface area contributed by atoms with Crippen LogP contribution in [0.5, 0.6) is 0 Å². The van der Waals surface area contributed by atoms with E-state index in [0.717, 1.165) is 12.1 Å². The van der Waals surface area contributed by atoms with Crippen molar-refractivity contribution in [2.75, 3.05) is 24.8 Å². The van der Waals surface area contributed by atoms with Crippen molar-refractivity contribution in [3.63, 3.8) is 0 Å². The Morgan fingerprint density at radius 2 is 1.72 bits per heavy atom. The predicted molar refractivity (Wildman–Crippen MR) is 106 cm³/mol. The maximum absolute atomic E-state index is 12.8. The zero-order valence-electron chi connectivity index (χ0n) is 16.7. The van der Waals surface area contributed by atoms with Gasteiger partial charge in [0.1, 0.15) is 5.76 Å². The fourth-order valence-corrected chi connectivity index (χ4v) is 5.85. The normalized spacial score (nSPS) is 13.8. The van der Waals surface area contributed by atoms with Crippen LogP contribution in [-0.2, 0) is 19.9 Å². The number of alkyl halides is 6. The molecule has 0 unspecified atom stereocenters. The second-order valence-electron chi connectivity index (χ2n) is 6.96. The highest BCUT2D eigenvalue weighted by Crippen LogP contribution is 2.46. The summed E-state index contributed by atoms with van der Waals surface area (Å²) in [5.74, 6) is -0.881. The van der Waals surface area contributed by atoms with E-state index in [0.29, 0.717) is 0 Å². The van der Waals surface area contributed by atoms with Gasteiger partial charge in [-0.25, -0.2) is 3.63 Å². The number of hydrogen-bond acceptors (Lipinski definition) is 5. The first-order chi connectivity index (χ1) is 14.5. The number of furan rings is 1. The summed E-state index contributed by atoms with van der Waals surface area (Å²) < 4.78 is 108. The molecule has 180 valence electrons. The van der Waals surface area contributed by atoms with Crippen molar-refractivity contribution in [2.45, 2.75) is 18.1 Å². The van der Waals surface area contributed by atoms with Crippen LogP contribution in [-0.4, -0.2) is 44.6 Å². The third-order valence-electron chi connectivity index (χ3n) is 3.96. The second kappa shape index (κ2) is 9.35. The summed E-state index contributed by atoms with van der Waals surface area (Å²) >= 11 is 0. The first-order valence-corrected chi connectivity index (χ1v) is 12.8. The third-order valence-corrected chi connectivity index (χ3v) is 7.99. The Balaban J connectivity index is 1.92. The number of carbonyl (C=O) groups is 1. The van der Waals surface area contributed by atoms with Gasteiger partial charge < -0.3 is 9.73 Å². The Kier molecular flexibility index (Phi) is 7.62. The Morgan fingerprint density at radius 3 is 2.31 bits per heavy atom. The van der Waals surface area contributed by atoms with E-state index >= 15 is 0 Å². The molecule has 0 fully saturated rings. The van der Waals surface area contributed by atoms with Crippen molar-refractivity contribution in [2.24, 2.45) is 0 Å². The van der Waals surface area contributed by atoms with E-state index in [1.54, 1.807) is 0 Å². The third kappa shape index (κ3) is 6.90. The van der Waals surface area contributed by atoms with E-state index in [-0.39, 0.29) is 35.8 Å². The van der Waals surface area contributed by atoms with E-state index in [4.69, 9.17) is 4.42 Å². The van der Waals surface area contributed by atoms with Gasteiger partial charge in [0.2, 0.25) is 0 Å². The SMILES string of the molecule is CS(C)(CCCNC(=O)c1ccc(-c2cccc(C(F)(F)F)c2)o1)OS(=O)(=O)C(F)(F)F. The molecule has 1 heterocycles. The van der Waals surface area contributed by atoms with Gasteiger partial charge in [0.25, 0.3) is 5.91 Å². The lowest BCUT2D eigenvalue weighted by atomic mass is 10.1. The number of rotatable bonds is 8. The number of halogens is 6. The Labute approximate surface area is 181 Å². The lowest BCUT2D eigenvalue weighted by Crippen LogP contribution is -2.28. The molecular weight excluding hydrogens is 488 g/mol. The first kappa shape index (κ1) is 26.1. The molecule has 1 amide bonds. The van der Waals surface area contributed by atoms with E-state index < -0.39 is 43.6 Å². The van der Waals surface area contributed by atoms with Crippen LogP contribution in [0.1, 0.15) is 22.5 Å². The summed E-state index contributed by atoms with van der Waals surface area (Å²) in [7, 11) is -8.33. The number of amides is 1. The lowest BCUT2D eigenvalue weighted by Gasteiger charge is -2.30. The summed E-state index contributed by atoms with van der Waals surface area (Å²) in [5, 5.41) is 2.44. The molecule has 0 atom stereocenters. The second-order valence-corrected chi connectivity index (χ2v) is 12.2. The van der Waals surface area contributed by atoms with Crippen molar-refractivity contribution in [3.05, 3.63) is 47.7 Å². The number of nitrogens with one attached hydrogen (secondary N) is 1. The van der Waals surface area contributed by atoms with E-state index in [2.05, 4.69) is 8.95 Å². The highest BCUT2D eigenvalue weighted by atomic mass is 32.3. The van der Waals surface area contributed by atoms with Gasteiger partial charge in [0, 0.05) is 17.9 Å². The molecule has 0 radical (unpaired) electrons. The van der Waals surface area contributed by atoms with Gasteiger partial charge in [-0.05, 0) is 43.2 Å². The molecular formula is C18H19F6NO5S2. The number of benzene rings is 1. The van der Waals surface area contributed by atoms with Crippen LogP contribution in [0.15, 0.2) is 40.8 Å². The van der Waals surface area contributed by atoms with Gasteiger partial charge in [0.15, 0.2) is 5.76 Å². The molecule has 0 spiro atoms. The highest BCUT2D eigenvalue weighted by Gasteiger charge is 2.49. The summed E-state index contributed by atoms with van der Waals surface area (Å²) in [6, 6.07) is 6.95. The summed E-state index contributed by atoms with van der Waals surface area (Å²) in [6.07, 6.45) is -1.94. The number of carbonyl (C=O) groups excluding carboxylic acids is 1. The largest absolute Gasteiger partial charge is 0.523 e. The molecule has 2 aromatic rings. The quantitative estimate of drug-likeness (QED) is 0.311. The monoisotopic (exact) mass is 507 g/mol. The van der Waals surface area contributed by atoms with Crippen LogP contribution in [0, 0.1) is 0 Å². The van der Waals surface area contributed by atoms with Gasteiger partial charge >= 0.3 is 21.8 Å². The van der Waals surface area contributed by atoms with Crippen molar-refractivity contribution < 1.29 is 47.6 Å². The lowest BCUT2D eigenvalue weighted by molar-refractivity contribution is -0.137. The maximum Gasteiger partial charge on any atom is 0.523 e. The van der Waals surface area contributed by atoms with Gasteiger partial charge in [-0.1, -0.05) is 12.1 Å². The van der Waals surface area contributed by atoms with Crippen molar-refractivity contribution >= 4 is 26.3 Å². The molecule has 2 rings (SSSR count). The molecule has 14 heteroatoms. The molecule has 0 saturated carbocycles. The molecule has 6 nitrogen and oxygen atoms in total. The Bertz CT molecular complexity index is 1060. The smallest absolute Gasteiger partial charge is 0.451 e. The molecule has 1 aromatic carbocycles. The summed E-state index contributed by atoms with van der Waals surface area (Å²) in [4.78, 5) is 12.1. The van der Waals surface area contributed by atoms with Gasteiger partial charge in [-0.3, -0.25) is 4.79 Å². The molecule has 32 heavy (non-hydrogen) atoms. The zero-order valence-corrected chi connectivity index (χ0v) is 18.3. The van der Waals surface area contributed by atoms with Crippen LogP contribution < -0.4 is 5.32 Å².